The zero-order valence-corrected chi connectivity index (χ0v) is 17.8. The van der Waals surface area contributed by atoms with Gasteiger partial charge in [0.1, 0.15) is 5.69 Å². The molecule has 0 bridgehead atoms. The Hall–Kier alpha value is -3.80. The number of imidazole rings is 1. The molecule has 0 aromatic carbocycles. The molecule has 12 heteroatoms. The van der Waals surface area contributed by atoms with Gasteiger partial charge >= 0.3 is 0 Å². The highest BCUT2D eigenvalue weighted by Crippen LogP contribution is 2.30. The lowest BCUT2D eigenvalue weighted by molar-refractivity contribution is 0.327. The fraction of sp³-hybridized carbons (Fsp3) is 0.211. The monoisotopic (exact) mass is 441 g/mol. The number of nitrogens with zero attached hydrogens (tertiary/aromatic N) is 6. The highest BCUT2D eigenvalue weighted by Gasteiger charge is 2.22. The Labute approximate surface area is 178 Å². The molecule has 0 radical (unpaired) electrons. The van der Waals surface area contributed by atoms with E-state index in [0.717, 1.165) is 6.26 Å². The second-order valence-corrected chi connectivity index (χ2v) is 8.12. The maximum Gasteiger partial charge on any atom is 0.231 e. The van der Waals surface area contributed by atoms with Gasteiger partial charge in [0, 0.05) is 12.3 Å². The molecular weight excluding hydrogens is 422 g/mol. The molecule has 0 aliphatic heterocycles. The summed E-state index contributed by atoms with van der Waals surface area (Å²) < 4.78 is 38.2. The molecule has 1 N–H and O–H groups in total. The lowest BCUT2D eigenvalue weighted by Gasteiger charge is -2.12. The quantitative estimate of drug-likeness (QED) is 0.457. The molecule has 0 spiro atoms. The number of hydrogen-bond donors (Lipinski definition) is 1. The first-order chi connectivity index (χ1) is 14.9. The standard InChI is InChI=1S/C19H19N7O4S/c1-4-30-15-9-5-7-12(22-15)17-24-16-19(23-14(11-21-16)25-31(3,27)28)26(17)18-13(29-2)8-6-10-20-18/h5-11H,4H2,1-3H3,(H,23,25). The Kier molecular flexibility index (Phi) is 5.38. The summed E-state index contributed by atoms with van der Waals surface area (Å²) >= 11 is 0. The SMILES string of the molecule is CCOc1cccc(-c2nc3ncc(NS(C)(=O)=O)nc3n2-c2ncccc2OC)n1. The van der Waals surface area contributed by atoms with E-state index < -0.39 is 10.0 Å². The first kappa shape index (κ1) is 20.5. The van der Waals surface area contributed by atoms with Crippen molar-refractivity contribution in [1.29, 1.82) is 0 Å². The number of aromatic nitrogens is 6. The Morgan fingerprint density at radius 3 is 2.68 bits per heavy atom. The van der Waals surface area contributed by atoms with Crippen LogP contribution in [0.25, 0.3) is 28.6 Å². The summed E-state index contributed by atoms with van der Waals surface area (Å²) in [5, 5.41) is 0. The van der Waals surface area contributed by atoms with Crippen LogP contribution in [0, 0.1) is 0 Å². The number of nitrogens with one attached hydrogen (secondary N) is 1. The van der Waals surface area contributed by atoms with Gasteiger partial charge in [-0.15, -0.1) is 0 Å². The summed E-state index contributed by atoms with van der Waals surface area (Å²) in [7, 11) is -2.02. The van der Waals surface area contributed by atoms with Gasteiger partial charge in [-0.1, -0.05) is 6.07 Å². The van der Waals surface area contributed by atoms with Crippen molar-refractivity contribution in [2.45, 2.75) is 6.92 Å². The minimum absolute atomic E-state index is 0.0497. The number of hydrogen-bond acceptors (Lipinski definition) is 9. The number of methoxy groups -OCH3 is 1. The second kappa shape index (κ2) is 8.14. The summed E-state index contributed by atoms with van der Waals surface area (Å²) in [6.45, 7) is 2.33. The Morgan fingerprint density at radius 1 is 1.10 bits per heavy atom. The lowest BCUT2D eigenvalue weighted by Crippen LogP contribution is -2.12. The van der Waals surface area contributed by atoms with Crippen LogP contribution in [-0.2, 0) is 10.0 Å². The first-order valence-electron chi connectivity index (χ1n) is 9.22. The zero-order chi connectivity index (χ0) is 22.0. The normalized spacial score (nSPS) is 11.5. The van der Waals surface area contributed by atoms with Crippen molar-refractivity contribution in [3.8, 4) is 29.0 Å². The second-order valence-electron chi connectivity index (χ2n) is 6.37. The van der Waals surface area contributed by atoms with Crippen LogP contribution in [0.1, 0.15) is 6.92 Å². The van der Waals surface area contributed by atoms with Crippen LogP contribution < -0.4 is 14.2 Å². The van der Waals surface area contributed by atoms with Gasteiger partial charge in [-0.3, -0.25) is 9.29 Å². The zero-order valence-electron chi connectivity index (χ0n) is 17.0. The highest BCUT2D eigenvalue weighted by atomic mass is 32.2. The van der Waals surface area contributed by atoms with Crippen molar-refractivity contribution in [2.24, 2.45) is 0 Å². The fourth-order valence-corrected chi connectivity index (χ4v) is 3.42. The molecule has 4 heterocycles. The van der Waals surface area contributed by atoms with E-state index in [0.29, 0.717) is 35.6 Å². The molecule has 0 saturated heterocycles. The van der Waals surface area contributed by atoms with Crippen molar-refractivity contribution in [3.63, 3.8) is 0 Å². The minimum Gasteiger partial charge on any atom is -0.493 e. The van der Waals surface area contributed by atoms with E-state index in [2.05, 4.69) is 29.6 Å². The fourth-order valence-electron chi connectivity index (χ4n) is 2.94. The van der Waals surface area contributed by atoms with Crippen molar-refractivity contribution in [3.05, 3.63) is 42.7 Å². The molecule has 4 aromatic heterocycles. The van der Waals surface area contributed by atoms with Crippen molar-refractivity contribution >= 4 is 27.1 Å². The minimum atomic E-state index is -3.54. The summed E-state index contributed by atoms with van der Waals surface area (Å²) in [5.74, 6) is 1.75. The number of ether oxygens (including phenoxy) is 2. The van der Waals surface area contributed by atoms with Crippen LogP contribution in [0.3, 0.4) is 0 Å². The molecule has 0 unspecified atom stereocenters. The largest absolute Gasteiger partial charge is 0.493 e. The number of anilines is 1. The van der Waals surface area contributed by atoms with Gasteiger partial charge in [-0.2, -0.15) is 0 Å². The topological polar surface area (TPSA) is 134 Å². The molecular formula is C19H19N7O4S. The van der Waals surface area contributed by atoms with Gasteiger partial charge in [0.2, 0.25) is 15.9 Å². The summed E-state index contributed by atoms with van der Waals surface area (Å²) in [6.07, 6.45) is 3.93. The Balaban J connectivity index is 2.00. The summed E-state index contributed by atoms with van der Waals surface area (Å²) in [5.41, 5.74) is 1.06. The maximum atomic E-state index is 11.7. The molecule has 0 aliphatic rings. The van der Waals surface area contributed by atoms with Crippen LogP contribution in [-0.4, -0.2) is 57.9 Å². The Bertz CT molecular complexity index is 1350. The van der Waals surface area contributed by atoms with Gasteiger partial charge in [-0.25, -0.2) is 33.3 Å². The van der Waals surface area contributed by atoms with E-state index in [-0.39, 0.29) is 17.1 Å². The predicted octanol–water partition coefficient (Wildman–Crippen LogP) is 2.05. The van der Waals surface area contributed by atoms with Crippen LogP contribution in [0.4, 0.5) is 5.82 Å². The third-order valence-corrected chi connectivity index (χ3v) is 4.67. The Morgan fingerprint density at radius 2 is 1.94 bits per heavy atom. The van der Waals surface area contributed by atoms with Gasteiger partial charge < -0.3 is 9.47 Å². The third-order valence-electron chi connectivity index (χ3n) is 4.09. The van der Waals surface area contributed by atoms with Crippen LogP contribution in [0.5, 0.6) is 11.6 Å². The highest BCUT2D eigenvalue weighted by molar-refractivity contribution is 7.92. The molecule has 31 heavy (non-hydrogen) atoms. The van der Waals surface area contributed by atoms with Crippen LogP contribution in [0.15, 0.2) is 42.7 Å². The molecule has 0 aliphatic carbocycles. The maximum absolute atomic E-state index is 11.7. The molecule has 4 rings (SSSR count). The molecule has 11 nitrogen and oxygen atoms in total. The molecule has 0 fully saturated rings. The molecule has 0 amide bonds. The van der Waals surface area contributed by atoms with E-state index in [1.165, 1.54) is 13.3 Å². The van der Waals surface area contributed by atoms with E-state index in [9.17, 15) is 8.42 Å². The molecule has 4 aromatic rings. The summed E-state index contributed by atoms with van der Waals surface area (Å²) in [4.78, 5) is 22.2. The predicted molar refractivity (Wildman–Crippen MR) is 114 cm³/mol. The van der Waals surface area contributed by atoms with Gasteiger partial charge in [-0.05, 0) is 25.1 Å². The van der Waals surface area contributed by atoms with Gasteiger partial charge in [0.05, 0.1) is 26.2 Å². The number of rotatable bonds is 7. The molecule has 0 atom stereocenters. The summed E-state index contributed by atoms with van der Waals surface area (Å²) in [6, 6.07) is 8.78. The van der Waals surface area contributed by atoms with Crippen molar-refractivity contribution < 1.29 is 17.9 Å². The molecule has 160 valence electrons. The van der Waals surface area contributed by atoms with Crippen molar-refractivity contribution in [2.75, 3.05) is 24.7 Å². The molecule has 0 saturated carbocycles. The number of sulfonamides is 1. The van der Waals surface area contributed by atoms with Gasteiger partial charge in [0.15, 0.2) is 34.5 Å². The first-order valence-corrected chi connectivity index (χ1v) is 11.1. The van der Waals surface area contributed by atoms with Crippen LogP contribution >= 0.6 is 0 Å². The average molecular weight is 441 g/mol. The average Bonchev–Trinajstić information content (AvgIpc) is 3.11. The van der Waals surface area contributed by atoms with E-state index in [4.69, 9.17) is 9.47 Å². The number of fused-ring (bicyclic) bond motifs is 1. The smallest absolute Gasteiger partial charge is 0.231 e. The third kappa shape index (κ3) is 4.23. The van der Waals surface area contributed by atoms with Crippen LogP contribution in [0.2, 0.25) is 0 Å². The lowest BCUT2D eigenvalue weighted by atomic mass is 10.3. The van der Waals surface area contributed by atoms with Crippen molar-refractivity contribution in [1.82, 2.24) is 29.5 Å². The number of pyridine rings is 2. The van der Waals surface area contributed by atoms with E-state index in [1.54, 1.807) is 41.1 Å². The van der Waals surface area contributed by atoms with E-state index >= 15 is 0 Å². The van der Waals surface area contributed by atoms with Gasteiger partial charge in [0.25, 0.3) is 0 Å². The van der Waals surface area contributed by atoms with E-state index in [1.807, 2.05) is 6.92 Å².